The molecular formula is C18H19N3O3S. The summed E-state index contributed by atoms with van der Waals surface area (Å²) >= 11 is 1.41. The number of hydrogen-bond donors (Lipinski definition) is 1. The molecule has 0 aliphatic rings. The lowest BCUT2D eigenvalue weighted by molar-refractivity contribution is -0.117. The minimum atomic E-state index is -0.252. The molecule has 130 valence electrons. The Bertz CT molecular complexity index is 918. The highest BCUT2D eigenvalue weighted by Crippen LogP contribution is 2.14. The normalized spacial score (nSPS) is 10.9. The molecule has 7 heteroatoms. The SMILES string of the molecule is Cc1nc2sccc2c(=O)n1NC(=O)CCCOCc1ccccc1. The van der Waals surface area contributed by atoms with Crippen molar-refractivity contribution in [3.63, 3.8) is 0 Å². The first kappa shape index (κ1) is 17.3. The summed E-state index contributed by atoms with van der Waals surface area (Å²) in [5.74, 6) is 0.235. The van der Waals surface area contributed by atoms with Crippen LogP contribution in [0.5, 0.6) is 0 Å². The van der Waals surface area contributed by atoms with Crippen LogP contribution in [0, 0.1) is 6.92 Å². The number of aromatic nitrogens is 2. The number of aryl methyl sites for hydroxylation is 1. The van der Waals surface area contributed by atoms with Gasteiger partial charge in [0.1, 0.15) is 10.7 Å². The quantitative estimate of drug-likeness (QED) is 0.660. The summed E-state index contributed by atoms with van der Waals surface area (Å²) in [5.41, 5.74) is 3.47. The number of fused-ring (bicyclic) bond motifs is 1. The second kappa shape index (κ2) is 8.04. The molecule has 0 radical (unpaired) electrons. The molecule has 2 aromatic heterocycles. The second-order valence-corrected chi connectivity index (χ2v) is 6.51. The summed E-state index contributed by atoms with van der Waals surface area (Å²) < 4.78 is 6.77. The molecule has 0 fully saturated rings. The van der Waals surface area contributed by atoms with E-state index < -0.39 is 0 Å². The monoisotopic (exact) mass is 357 g/mol. The van der Waals surface area contributed by atoms with Crippen molar-refractivity contribution in [1.29, 1.82) is 0 Å². The average molecular weight is 357 g/mol. The van der Waals surface area contributed by atoms with Gasteiger partial charge in [0.05, 0.1) is 12.0 Å². The molecule has 0 spiro atoms. The number of benzene rings is 1. The van der Waals surface area contributed by atoms with Crippen molar-refractivity contribution in [2.24, 2.45) is 0 Å². The van der Waals surface area contributed by atoms with Gasteiger partial charge in [-0.3, -0.25) is 15.0 Å². The first-order chi connectivity index (χ1) is 12.1. The van der Waals surface area contributed by atoms with E-state index >= 15 is 0 Å². The number of rotatable bonds is 7. The van der Waals surface area contributed by atoms with Gasteiger partial charge in [-0.25, -0.2) is 9.66 Å². The van der Waals surface area contributed by atoms with Crippen LogP contribution >= 0.6 is 11.3 Å². The van der Waals surface area contributed by atoms with E-state index in [2.05, 4.69) is 10.4 Å². The molecule has 3 rings (SSSR count). The van der Waals surface area contributed by atoms with E-state index in [1.54, 1.807) is 13.0 Å². The molecule has 0 atom stereocenters. The first-order valence-corrected chi connectivity index (χ1v) is 8.91. The van der Waals surface area contributed by atoms with Crippen LogP contribution in [0.2, 0.25) is 0 Å². The molecule has 3 aromatic rings. The highest BCUT2D eigenvalue weighted by Gasteiger charge is 2.11. The van der Waals surface area contributed by atoms with Gasteiger partial charge < -0.3 is 4.74 Å². The van der Waals surface area contributed by atoms with Crippen LogP contribution in [0.25, 0.3) is 10.2 Å². The van der Waals surface area contributed by atoms with E-state index in [1.165, 1.54) is 16.0 Å². The standard InChI is InChI=1S/C18H19N3O3S/c1-13-19-17-15(9-11-25-17)18(23)21(13)20-16(22)8-5-10-24-12-14-6-3-2-4-7-14/h2-4,6-7,9,11H,5,8,10,12H2,1H3,(H,20,22). The van der Waals surface area contributed by atoms with Crippen molar-refractivity contribution >= 4 is 27.5 Å². The third kappa shape index (κ3) is 4.32. The van der Waals surface area contributed by atoms with Crippen molar-refractivity contribution in [2.45, 2.75) is 26.4 Å². The summed E-state index contributed by atoms with van der Waals surface area (Å²) in [6, 6.07) is 11.6. The number of carbonyl (C=O) groups is 1. The molecule has 0 unspecified atom stereocenters. The zero-order valence-electron chi connectivity index (χ0n) is 13.9. The third-order valence-electron chi connectivity index (χ3n) is 3.71. The first-order valence-electron chi connectivity index (χ1n) is 8.03. The fraction of sp³-hybridized carbons (Fsp3) is 0.278. The number of hydrogen-bond acceptors (Lipinski definition) is 5. The number of nitrogens with one attached hydrogen (secondary N) is 1. The van der Waals surface area contributed by atoms with E-state index in [0.29, 0.717) is 35.7 Å². The zero-order chi connectivity index (χ0) is 17.6. The summed E-state index contributed by atoms with van der Waals surface area (Å²) in [6.07, 6.45) is 0.864. The Morgan fingerprint density at radius 3 is 2.88 bits per heavy atom. The van der Waals surface area contributed by atoms with Crippen molar-refractivity contribution in [1.82, 2.24) is 9.66 Å². The van der Waals surface area contributed by atoms with Gasteiger partial charge in [0, 0.05) is 13.0 Å². The molecule has 2 heterocycles. The number of amides is 1. The van der Waals surface area contributed by atoms with E-state index in [9.17, 15) is 9.59 Å². The van der Waals surface area contributed by atoms with E-state index in [1.807, 2.05) is 35.7 Å². The molecule has 6 nitrogen and oxygen atoms in total. The van der Waals surface area contributed by atoms with Gasteiger partial charge in [-0.05, 0) is 30.4 Å². The highest BCUT2D eigenvalue weighted by molar-refractivity contribution is 7.16. The third-order valence-corrected chi connectivity index (χ3v) is 4.51. The second-order valence-electron chi connectivity index (χ2n) is 5.62. The van der Waals surface area contributed by atoms with Gasteiger partial charge in [0.2, 0.25) is 5.91 Å². The summed E-state index contributed by atoms with van der Waals surface area (Å²) in [4.78, 5) is 29.5. The molecule has 25 heavy (non-hydrogen) atoms. The van der Waals surface area contributed by atoms with Crippen LogP contribution in [0.1, 0.15) is 24.2 Å². The smallest absolute Gasteiger partial charge is 0.281 e. The Morgan fingerprint density at radius 1 is 1.28 bits per heavy atom. The Balaban J connectivity index is 1.49. The zero-order valence-corrected chi connectivity index (χ0v) is 14.7. The maximum absolute atomic E-state index is 12.4. The Labute approximate surface area is 149 Å². The average Bonchev–Trinajstić information content (AvgIpc) is 3.07. The molecule has 0 aliphatic heterocycles. The molecule has 1 N–H and O–H groups in total. The van der Waals surface area contributed by atoms with Crippen molar-refractivity contribution in [2.75, 3.05) is 12.0 Å². The van der Waals surface area contributed by atoms with Crippen molar-refractivity contribution in [3.05, 3.63) is 63.5 Å². The molecule has 0 bridgehead atoms. The van der Waals surface area contributed by atoms with Crippen molar-refractivity contribution in [3.8, 4) is 0 Å². The van der Waals surface area contributed by atoms with Crippen molar-refractivity contribution < 1.29 is 9.53 Å². The summed E-state index contributed by atoms with van der Waals surface area (Å²) in [7, 11) is 0. The van der Waals surface area contributed by atoms with Crippen LogP contribution in [-0.4, -0.2) is 22.2 Å². The number of ether oxygens (including phenoxy) is 1. The lowest BCUT2D eigenvalue weighted by Gasteiger charge is -2.11. The largest absolute Gasteiger partial charge is 0.377 e. The molecule has 0 saturated heterocycles. The highest BCUT2D eigenvalue weighted by atomic mass is 32.1. The lowest BCUT2D eigenvalue weighted by Crippen LogP contribution is -2.35. The van der Waals surface area contributed by atoms with Crippen LogP contribution in [0.15, 0.2) is 46.6 Å². The minimum Gasteiger partial charge on any atom is -0.377 e. The van der Waals surface area contributed by atoms with Gasteiger partial charge in [-0.2, -0.15) is 0 Å². The van der Waals surface area contributed by atoms with Crippen LogP contribution in [0.3, 0.4) is 0 Å². The number of nitrogens with zero attached hydrogens (tertiary/aromatic N) is 2. The molecule has 1 aromatic carbocycles. The van der Waals surface area contributed by atoms with Gasteiger partial charge in [0.25, 0.3) is 5.56 Å². The van der Waals surface area contributed by atoms with Gasteiger partial charge in [-0.1, -0.05) is 30.3 Å². The van der Waals surface area contributed by atoms with E-state index in [4.69, 9.17) is 4.74 Å². The van der Waals surface area contributed by atoms with Gasteiger partial charge in [-0.15, -0.1) is 11.3 Å². The number of carbonyl (C=O) groups excluding carboxylic acids is 1. The Morgan fingerprint density at radius 2 is 2.08 bits per heavy atom. The predicted octanol–water partition coefficient (Wildman–Crippen LogP) is 2.83. The van der Waals surface area contributed by atoms with Gasteiger partial charge >= 0.3 is 0 Å². The minimum absolute atomic E-state index is 0.232. The van der Waals surface area contributed by atoms with E-state index in [0.717, 1.165) is 5.56 Å². The fourth-order valence-corrected chi connectivity index (χ4v) is 3.23. The van der Waals surface area contributed by atoms with E-state index in [-0.39, 0.29) is 17.9 Å². The Hall–Kier alpha value is -2.51. The molecule has 0 aliphatic carbocycles. The lowest BCUT2D eigenvalue weighted by atomic mass is 10.2. The van der Waals surface area contributed by atoms with Crippen LogP contribution in [-0.2, 0) is 16.1 Å². The van der Waals surface area contributed by atoms with Crippen LogP contribution in [0.4, 0.5) is 0 Å². The number of thiophene rings is 1. The van der Waals surface area contributed by atoms with Gasteiger partial charge in [0.15, 0.2) is 0 Å². The maximum atomic E-state index is 12.4. The molecule has 0 saturated carbocycles. The maximum Gasteiger partial charge on any atom is 0.281 e. The van der Waals surface area contributed by atoms with Crippen LogP contribution < -0.4 is 11.0 Å². The summed E-state index contributed by atoms with van der Waals surface area (Å²) in [6.45, 7) is 2.71. The topological polar surface area (TPSA) is 73.2 Å². The molecule has 1 amide bonds. The Kier molecular flexibility index (Phi) is 5.57. The molecular weight excluding hydrogens is 338 g/mol. The summed E-state index contributed by atoms with van der Waals surface area (Å²) in [5, 5.41) is 2.33. The predicted molar refractivity (Wildman–Crippen MR) is 98.3 cm³/mol. The fourth-order valence-electron chi connectivity index (χ4n) is 2.43.